The monoisotopic (exact) mass is 494 g/mol. The minimum absolute atomic E-state index is 0.00858. The van der Waals surface area contributed by atoms with Gasteiger partial charge in [0.1, 0.15) is 12.4 Å². The van der Waals surface area contributed by atoms with Gasteiger partial charge < -0.3 is 9.47 Å². The summed E-state index contributed by atoms with van der Waals surface area (Å²) in [6, 6.07) is 16.7. The van der Waals surface area contributed by atoms with Crippen molar-refractivity contribution in [3.63, 3.8) is 0 Å². The summed E-state index contributed by atoms with van der Waals surface area (Å²) in [6.45, 7) is 0.195. The van der Waals surface area contributed by atoms with Gasteiger partial charge in [0.15, 0.2) is 11.5 Å². The number of methoxy groups -OCH3 is 1. The molecule has 0 aromatic heterocycles. The Kier molecular flexibility index (Phi) is 7.11. The lowest BCUT2D eigenvalue weighted by atomic mass is 10.1. The number of non-ortho nitro benzene ring substituents is 1. The molecule has 2 amide bonds. The van der Waals surface area contributed by atoms with E-state index in [1.54, 1.807) is 36.4 Å². The van der Waals surface area contributed by atoms with Crippen LogP contribution in [0.4, 0.5) is 14.9 Å². The van der Waals surface area contributed by atoms with Crippen molar-refractivity contribution in [3.05, 3.63) is 104 Å². The van der Waals surface area contributed by atoms with Crippen molar-refractivity contribution in [1.82, 2.24) is 4.90 Å². The molecular weight excluding hydrogens is 475 g/mol. The Morgan fingerprint density at radius 3 is 2.34 bits per heavy atom. The molecule has 8 nitrogen and oxygen atoms in total. The van der Waals surface area contributed by atoms with Crippen LogP contribution in [0.3, 0.4) is 0 Å². The van der Waals surface area contributed by atoms with Gasteiger partial charge in [-0.2, -0.15) is 0 Å². The first-order valence-corrected chi connectivity index (χ1v) is 11.2. The summed E-state index contributed by atoms with van der Waals surface area (Å²) in [4.78, 5) is 37.0. The van der Waals surface area contributed by atoms with Crippen LogP contribution in [0.2, 0.25) is 0 Å². The number of benzene rings is 3. The third kappa shape index (κ3) is 5.67. The van der Waals surface area contributed by atoms with E-state index < -0.39 is 16.1 Å². The Bertz CT molecular complexity index is 1310. The van der Waals surface area contributed by atoms with Crippen molar-refractivity contribution in [1.29, 1.82) is 0 Å². The number of amides is 2. The van der Waals surface area contributed by atoms with Crippen LogP contribution in [0.15, 0.2) is 71.6 Å². The summed E-state index contributed by atoms with van der Waals surface area (Å²) in [5.41, 5.74) is 1.92. The van der Waals surface area contributed by atoms with Crippen molar-refractivity contribution in [2.75, 3.05) is 7.11 Å². The summed E-state index contributed by atoms with van der Waals surface area (Å²) < 4.78 is 24.3. The van der Waals surface area contributed by atoms with Crippen LogP contribution < -0.4 is 9.47 Å². The number of ether oxygens (including phenoxy) is 2. The Hall–Kier alpha value is -4.18. The van der Waals surface area contributed by atoms with Gasteiger partial charge in [-0.1, -0.05) is 30.3 Å². The summed E-state index contributed by atoms with van der Waals surface area (Å²) in [5, 5.41) is 10.4. The number of nitrogens with zero attached hydrogens (tertiary/aromatic N) is 2. The van der Waals surface area contributed by atoms with Crippen molar-refractivity contribution in [2.45, 2.75) is 13.2 Å². The first-order valence-electron chi connectivity index (χ1n) is 10.4. The lowest BCUT2D eigenvalue weighted by Gasteiger charge is -2.12. The highest BCUT2D eigenvalue weighted by molar-refractivity contribution is 8.18. The van der Waals surface area contributed by atoms with Gasteiger partial charge in [-0.15, -0.1) is 0 Å². The number of hydrogen-bond acceptors (Lipinski definition) is 7. The highest BCUT2D eigenvalue weighted by atomic mass is 32.2. The van der Waals surface area contributed by atoms with Crippen LogP contribution in [0.25, 0.3) is 6.08 Å². The van der Waals surface area contributed by atoms with E-state index in [2.05, 4.69) is 0 Å². The van der Waals surface area contributed by atoms with Crippen LogP contribution in [0, 0.1) is 15.9 Å². The fraction of sp³-hybridized carbons (Fsp3) is 0.120. The Morgan fingerprint density at radius 2 is 1.69 bits per heavy atom. The van der Waals surface area contributed by atoms with E-state index in [0.717, 1.165) is 22.2 Å². The van der Waals surface area contributed by atoms with Gasteiger partial charge in [-0.25, -0.2) is 4.39 Å². The second-order valence-corrected chi connectivity index (χ2v) is 8.51. The number of nitro benzene ring substituents is 1. The molecule has 0 bridgehead atoms. The standard InChI is InChI=1S/C25H19FN2O6S/c1-33-21-11-6-18(12-22(21)34-15-17-2-7-19(26)8-3-17)13-23-24(29)27(25(30)35-23)14-16-4-9-20(10-5-16)28(31)32/h2-13H,14-15H2,1H3/b23-13-. The van der Waals surface area contributed by atoms with Crippen molar-refractivity contribution >= 4 is 34.7 Å². The molecule has 10 heteroatoms. The number of thioether (sulfide) groups is 1. The number of carbonyl (C=O) groups excluding carboxylic acids is 2. The maximum absolute atomic E-state index is 13.1. The summed E-state index contributed by atoms with van der Waals surface area (Å²) in [6.07, 6.45) is 1.59. The molecule has 0 spiro atoms. The van der Waals surface area contributed by atoms with Gasteiger partial charge in [0.2, 0.25) is 0 Å². The van der Waals surface area contributed by atoms with Crippen LogP contribution in [-0.2, 0) is 17.9 Å². The van der Waals surface area contributed by atoms with Crippen LogP contribution in [-0.4, -0.2) is 28.1 Å². The van der Waals surface area contributed by atoms with Crippen molar-refractivity contribution < 1.29 is 28.4 Å². The van der Waals surface area contributed by atoms with E-state index in [0.29, 0.717) is 22.6 Å². The van der Waals surface area contributed by atoms with Gasteiger partial charge in [-0.3, -0.25) is 24.6 Å². The molecule has 4 rings (SSSR count). The maximum Gasteiger partial charge on any atom is 0.293 e. The molecule has 1 fully saturated rings. The lowest BCUT2D eigenvalue weighted by molar-refractivity contribution is -0.384. The lowest BCUT2D eigenvalue weighted by Crippen LogP contribution is -2.27. The van der Waals surface area contributed by atoms with Gasteiger partial charge in [0.05, 0.1) is 23.5 Å². The Balaban J connectivity index is 1.49. The third-order valence-corrected chi connectivity index (χ3v) is 6.06. The average Bonchev–Trinajstić information content (AvgIpc) is 3.11. The molecule has 0 atom stereocenters. The van der Waals surface area contributed by atoms with E-state index in [9.17, 15) is 24.1 Å². The smallest absolute Gasteiger partial charge is 0.293 e. The molecule has 35 heavy (non-hydrogen) atoms. The van der Waals surface area contributed by atoms with Gasteiger partial charge in [-0.05, 0) is 58.8 Å². The highest BCUT2D eigenvalue weighted by Crippen LogP contribution is 2.35. The number of imide groups is 1. The molecule has 1 aliphatic rings. The minimum Gasteiger partial charge on any atom is -0.493 e. The maximum atomic E-state index is 13.1. The first-order chi connectivity index (χ1) is 16.8. The Morgan fingerprint density at radius 1 is 1.00 bits per heavy atom. The molecule has 0 unspecified atom stereocenters. The van der Waals surface area contributed by atoms with E-state index in [-0.39, 0.29) is 29.6 Å². The molecule has 3 aromatic rings. The zero-order valence-electron chi connectivity index (χ0n) is 18.5. The van der Waals surface area contributed by atoms with Crippen LogP contribution in [0.1, 0.15) is 16.7 Å². The number of carbonyl (C=O) groups is 2. The van der Waals surface area contributed by atoms with Gasteiger partial charge in [0, 0.05) is 12.1 Å². The zero-order valence-corrected chi connectivity index (χ0v) is 19.3. The van der Waals surface area contributed by atoms with Gasteiger partial charge in [0.25, 0.3) is 16.8 Å². The molecular formula is C25H19FN2O6S. The van der Waals surface area contributed by atoms with Gasteiger partial charge >= 0.3 is 0 Å². The predicted octanol–water partition coefficient (Wildman–Crippen LogP) is 5.56. The van der Waals surface area contributed by atoms with Crippen molar-refractivity contribution in [3.8, 4) is 11.5 Å². The third-order valence-electron chi connectivity index (χ3n) is 5.15. The molecule has 3 aromatic carbocycles. The first kappa shape index (κ1) is 24.0. The number of hydrogen-bond donors (Lipinski definition) is 0. The molecule has 178 valence electrons. The molecule has 1 aliphatic heterocycles. The molecule has 1 saturated heterocycles. The zero-order chi connectivity index (χ0) is 24.9. The summed E-state index contributed by atoms with van der Waals surface area (Å²) >= 11 is 0.814. The number of halogens is 1. The largest absolute Gasteiger partial charge is 0.493 e. The number of nitro groups is 1. The van der Waals surface area contributed by atoms with E-state index >= 15 is 0 Å². The molecule has 0 aliphatic carbocycles. The summed E-state index contributed by atoms with van der Waals surface area (Å²) in [5.74, 6) is 0.116. The average molecular weight is 495 g/mol. The topological polar surface area (TPSA) is 99.0 Å². The molecule has 0 radical (unpaired) electrons. The second-order valence-electron chi connectivity index (χ2n) is 7.52. The van der Waals surface area contributed by atoms with E-state index in [1.807, 2.05) is 0 Å². The fourth-order valence-electron chi connectivity index (χ4n) is 3.33. The van der Waals surface area contributed by atoms with Crippen molar-refractivity contribution in [2.24, 2.45) is 0 Å². The van der Waals surface area contributed by atoms with Crippen LogP contribution in [0.5, 0.6) is 11.5 Å². The number of rotatable bonds is 8. The van der Waals surface area contributed by atoms with E-state index in [1.165, 1.54) is 43.5 Å². The SMILES string of the molecule is COc1ccc(/C=C2\SC(=O)N(Cc3ccc([N+](=O)[O-])cc3)C2=O)cc1OCc1ccc(F)cc1. The molecule has 1 heterocycles. The Labute approximate surface area is 204 Å². The fourth-order valence-corrected chi connectivity index (χ4v) is 4.17. The minimum atomic E-state index is -0.515. The normalized spacial score (nSPS) is 14.5. The molecule has 0 saturated carbocycles. The molecule has 0 N–H and O–H groups in total. The summed E-state index contributed by atoms with van der Waals surface area (Å²) in [7, 11) is 1.50. The second kappa shape index (κ2) is 10.4. The predicted molar refractivity (Wildman–Crippen MR) is 128 cm³/mol. The van der Waals surface area contributed by atoms with Crippen LogP contribution >= 0.6 is 11.8 Å². The quantitative estimate of drug-likeness (QED) is 0.230. The van der Waals surface area contributed by atoms with E-state index in [4.69, 9.17) is 9.47 Å². The highest BCUT2D eigenvalue weighted by Gasteiger charge is 2.35.